The molecule has 0 unspecified atom stereocenters. The van der Waals surface area contributed by atoms with Gasteiger partial charge in [0.1, 0.15) is 11.3 Å². The molecule has 1 aromatic heterocycles. The lowest BCUT2D eigenvalue weighted by Crippen LogP contribution is -2.39. The van der Waals surface area contributed by atoms with E-state index in [0.29, 0.717) is 39.2 Å². The predicted octanol–water partition coefficient (Wildman–Crippen LogP) is 4.23. The number of ether oxygens (including phenoxy) is 4. The number of amides is 1. The van der Waals surface area contributed by atoms with Gasteiger partial charge in [-0.3, -0.25) is 14.6 Å². The number of halogens is 1. The summed E-state index contributed by atoms with van der Waals surface area (Å²) in [6.45, 7) is 4.48. The molecule has 2 heterocycles. The number of carbonyl (C=O) groups excluding carboxylic acids is 1. The summed E-state index contributed by atoms with van der Waals surface area (Å²) in [5.74, 6) is 0.819. The summed E-state index contributed by atoms with van der Waals surface area (Å²) >= 11 is 1.30. The fourth-order valence-electron chi connectivity index (χ4n) is 4.05. The van der Waals surface area contributed by atoms with E-state index < -0.39 is 5.82 Å². The summed E-state index contributed by atoms with van der Waals surface area (Å²) in [4.78, 5) is 21.8. The molecule has 0 atom stereocenters. The van der Waals surface area contributed by atoms with Gasteiger partial charge >= 0.3 is 0 Å². The van der Waals surface area contributed by atoms with Crippen LogP contribution in [0.5, 0.6) is 17.2 Å². The van der Waals surface area contributed by atoms with E-state index in [9.17, 15) is 9.18 Å². The maximum absolute atomic E-state index is 14.3. The lowest BCUT2D eigenvalue weighted by molar-refractivity contribution is -0.114. The van der Waals surface area contributed by atoms with Gasteiger partial charge in [0.25, 0.3) is 5.91 Å². The van der Waals surface area contributed by atoms with Gasteiger partial charge in [-0.05, 0) is 42.3 Å². The molecule has 1 saturated heterocycles. The van der Waals surface area contributed by atoms with Crippen molar-refractivity contribution in [3.63, 3.8) is 0 Å². The zero-order chi connectivity index (χ0) is 25.5. The van der Waals surface area contributed by atoms with Crippen LogP contribution in [0.25, 0.3) is 16.3 Å². The van der Waals surface area contributed by atoms with Gasteiger partial charge in [-0.1, -0.05) is 17.4 Å². The minimum Gasteiger partial charge on any atom is -0.493 e. The van der Waals surface area contributed by atoms with Crippen LogP contribution < -0.4 is 19.1 Å². The monoisotopic (exact) mass is 515 g/mol. The molecular weight excluding hydrogens is 485 g/mol. The van der Waals surface area contributed by atoms with E-state index >= 15 is 0 Å². The molecule has 10 heteroatoms. The van der Waals surface area contributed by atoms with Gasteiger partial charge in [-0.2, -0.15) is 0 Å². The second kappa shape index (κ2) is 12.2. The van der Waals surface area contributed by atoms with Crippen LogP contribution in [0.15, 0.2) is 36.4 Å². The molecule has 192 valence electrons. The number of nitrogens with zero attached hydrogens (tertiary/aromatic N) is 3. The maximum Gasteiger partial charge on any atom is 0.252 e. The molecule has 1 amide bonds. The summed E-state index contributed by atoms with van der Waals surface area (Å²) in [6.07, 6.45) is 3.93. The average molecular weight is 516 g/mol. The molecule has 0 aliphatic carbocycles. The summed E-state index contributed by atoms with van der Waals surface area (Å²) in [6, 6.07) is 8.36. The van der Waals surface area contributed by atoms with Crippen molar-refractivity contribution in [3.8, 4) is 17.2 Å². The molecule has 4 rings (SSSR count). The Morgan fingerprint density at radius 1 is 1.17 bits per heavy atom. The first-order valence-electron chi connectivity index (χ1n) is 11.7. The number of carbonyl (C=O) groups is 1. The standard InChI is InChI=1S/C26H30FN3O5S/c1-32-20-16-18(17-21(33-2)25(20)34-3)8-9-23(31)30(11-5-10-29-12-14-35-15-13-29)26-28-24-19(27)6-4-7-22(24)36-26/h4,6-9,16-17H,5,10-15H2,1-3H3/b9-8+. The summed E-state index contributed by atoms with van der Waals surface area (Å²) < 4.78 is 36.6. The number of benzene rings is 2. The second-order valence-electron chi connectivity index (χ2n) is 8.17. The minimum atomic E-state index is -0.399. The van der Waals surface area contributed by atoms with Gasteiger partial charge in [-0.25, -0.2) is 9.37 Å². The normalized spacial score (nSPS) is 14.3. The van der Waals surface area contributed by atoms with E-state index in [0.717, 1.165) is 39.3 Å². The van der Waals surface area contributed by atoms with E-state index in [1.54, 1.807) is 43.4 Å². The number of methoxy groups -OCH3 is 3. The fraction of sp³-hybridized carbons (Fsp3) is 0.385. The van der Waals surface area contributed by atoms with E-state index in [-0.39, 0.29) is 11.4 Å². The Balaban J connectivity index is 1.57. The van der Waals surface area contributed by atoms with Crippen molar-refractivity contribution in [1.29, 1.82) is 0 Å². The van der Waals surface area contributed by atoms with Crippen LogP contribution >= 0.6 is 11.3 Å². The number of aromatic nitrogens is 1. The molecule has 0 saturated carbocycles. The summed E-state index contributed by atoms with van der Waals surface area (Å²) in [5.41, 5.74) is 0.985. The fourth-order valence-corrected chi connectivity index (χ4v) is 5.06. The van der Waals surface area contributed by atoms with Crippen molar-refractivity contribution in [2.75, 3.05) is 65.6 Å². The van der Waals surface area contributed by atoms with Crippen molar-refractivity contribution < 1.29 is 28.1 Å². The SMILES string of the molecule is COc1cc(/C=C/C(=O)N(CCCN2CCOCC2)c2nc3c(F)cccc3s2)cc(OC)c1OC. The largest absolute Gasteiger partial charge is 0.493 e. The first-order chi connectivity index (χ1) is 17.5. The van der Waals surface area contributed by atoms with Gasteiger partial charge < -0.3 is 18.9 Å². The van der Waals surface area contributed by atoms with Crippen LogP contribution in [-0.4, -0.2) is 76.5 Å². The van der Waals surface area contributed by atoms with Crippen molar-refractivity contribution in [2.24, 2.45) is 0 Å². The highest BCUT2D eigenvalue weighted by molar-refractivity contribution is 7.22. The lowest BCUT2D eigenvalue weighted by atomic mass is 10.1. The van der Waals surface area contributed by atoms with E-state index in [2.05, 4.69) is 9.88 Å². The zero-order valence-electron chi connectivity index (χ0n) is 20.7. The molecule has 2 aromatic carbocycles. The molecule has 0 N–H and O–H groups in total. The second-order valence-corrected chi connectivity index (χ2v) is 9.18. The summed E-state index contributed by atoms with van der Waals surface area (Å²) in [7, 11) is 4.62. The van der Waals surface area contributed by atoms with Crippen LogP contribution in [0, 0.1) is 5.82 Å². The van der Waals surface area contributed by atoms with Gasteiger partial charge in [-0.15, -0.1) is 0 Å². The number of rotatable bonds is 10. The highest BCUT2D eigenvalue weighted by Crippen LogP contribution is 2.38. The number of anilines is 1. The third-order valence-electron chi connectivity index (χ3n) is 5.92. The van der Waals surface area contributed by atoms with Crippen LogP contribution in [0.2, 0.25) is 0 Å². The number of morpholine rings is 1. The lowest BCUT2D eigenvalue weighted by Gasteiger charge is -2.27. The molecule has 0 spiro atoms. The average Bonchev–Trinajstić information content (AvgIpc) is 3.35. The molecule has 1 aliphatic rings. The first-order valence-corrected chi connectivity index (χ1v) is 12.5. The Morgan fingerprint density at radius 2 is 1.89 bits per heavy atom. The molecule has 8 nitrogen and oxygen atoms in total. The third-order valence-corrected chi connectivity index (χ3v) is 6.96. The Labute approximate surface area is 213 Å². The number of hydrogen-bond acceptors (Lipinski definition) is 8. The number of para-hydroxylation sites is 1. The van der Waals surface area contributed by atoms with Crippen LogP contribution in [-0.2, 0) is 9.53 Å². The van der Waals surface area contributed by atoms with E-state index in [4.69, 9.17) is 18.9 Å². The Kier molecular flexibility index (Phi) is 8.74. The molecule has 1 fully saturated rings. The third kappa shape index (κ3) is 5.95. The molecule has 0 bridgehead atoms. The Hall–Kier alpha value is -3.21. The first kappa shape index (κ1) is 25.9. The number of hydrogen-bond donors (Lipinski definition) is 0. The van der Waals surface area contributed by atoms with Gasteiger partial charge in [0, 0.05) is 32.3 Å². The minimum absolute atomic E-state index is 0.245. The molecule has 0 radical (unpaired) electrons. The number of thiazole rings is 1. The van der Waals surface area contributed by atoms with Crippen LogP contribution in [0.1, 0.15) is 12.0 Å². The van der Waals surface area contributed by atoms with Crippen LogP contribution in [0.3, 0.4) is 0 Å². The molecule has 36 heavy (non-hydrogen) atoms. The van der Waals surface area contributed by atoms with E-state index in [1.165, 1.54) is 30.6 Å². The van der Waals surface area contributed by atoms with E-state index in [1.807, 2.05) is 6.07 Å². The zero-order valence-corrected chi connectivity index (χ0v) is 21.5. The quantitative estimate of drug-likeness (QED) is 0.374. The molecule has 3 aromatic rings. The summed E-state index contributed by atoms with van der Waals surface area (Å²) in [5, 5.41) is 0.469. The Morgan fingerprint density at radius 3 is 2.53 bits per heavy atom. The van der Waals surface area contributed by atoms with Gasteiger partial charge in [0.2, 0.25) is 5.75 Å². The van der Waals surface area contributed by atoms with Crippen molar-refractivity contribution in [2.45, 2.75) is 6.42 Å². The van der Waals surface area contributed by atoms with Crippen molar-refractivity contribution in [3.05, 3.63) is 47.8 Å². The predicted molar refractivity (Wildman–Crippen MR) is 139 cm³/mol. The van der Waals surface area contributed by atoms with Crippen LogP contribution in [0.4, 0.5) is 9.52 Å². The smallest absolute Gasteiger partial charge is 0.252 e. The van der Waals surface area contributed by atoms with Crippen molar-refractivity contribution in [1.82, 2.24) is 9.88 Å². The molecule has 1 aliphatic heterocycles. The number of fused-ring (bicyclic) bond motifs is 1. The highest BCUT2D eigenvalue weighted by Gasteiger charge is 2.20. The molecular formula is C26H30FN3O5S. The Bertz CT molecular complexity index is 1200. The van der Waals surface area contributed by atoms with Gasteiger partial charge in [0.15, 0.2) is 16.6 Å². The highest BCUT2D eigenvalue weighted by atomic mass is 32.1. The maximum atomic E-state index is 14.3. The van der Waals surface area contributed by atoms with Crippen molar-refractivity contribution >= 4 is 38.7 Å². The topological polar surface area (TPSA) is 73.4 Å². The van der Waals surface area contributed by atoms with Gasteiger partial charge in [0.05, 0.1) is 39.2 Å².